The average Bonchev–Trinajstić information content (AvgIpc) is 3.69. The van der Waals surface area contributed by atoms with Gasteiger partial charge < -0.3 is 29.2 Å². The minimum absolute atomic E-state index is 0.0641. The number of hydrogen-bond acceptors (Lipinski definition) is 13. The molecule has 5 aromatic rings. The number of ether oxygens (including phenoxy) is 3. The molecule has 0 radical (unpaired) electrons. The van der Waals surface area contributed by atoms with Gasteiger partial charge in [-0.25, -0.2) is 18.1 Å². The molecule has 1 spiro atoms. The fourth-order valence-electron chi connectivity index (χ4n) is 11.1. The summed E-state index contributed by atoms with van der Waals surface area (Å²) in [6, 6.07) is 18.5. The number of H-pyrrole nitrogens is 1. The van der Waals surface area contributed by atoms with E-state index in [2.05, 4.69) is 62.6 Å². The van der Waals surface area contributed by atoms with Crippen LogP contribution in [0.15, 0.2) is 82.8 Å². The molecule has 68 heavy (non-hydrogen) atoms. The van der Waals surface area contributed by atoms with Crippen molar-refractivity contribution in [3.05, 3.63) is 105 Å². The zero-order chi connectivity index (χ0) is 47.5. The third kappa shape index (κ3) is 9.29. The number of anilines is 1. The number of carbonyl (C=O) groups excluding carboxylic acids is 1. The van der Waals surface area contributed by atoms with Gasteiger partial charge in [-0.15, -0.1) is 11.8 Å². The van der Waals surface area contributed by atoms with Crippen molar-refractivity contribution in [2.24, 2.45) is 11.3 Å². The number of thioether (sulfide) groups is 1. The van der Waals surface area contributed by atoms with E-state index in [-0.39, 0.29) is 56.9 Å². The first kappa shape index (κ1) is 46.8. The monoisotopic (exact) mass is 984 g/mol. The van der Waals surface area contributed by atoms with Gasteiger partial charge in [0.25, 0.3) is 21.6 Å². The van der Waals surface area contributed by atoms with Crippen molar-refractivity contribution in [2.45, 2.75) is 111 Å². The summed E-state index contributed by atoms with van der Waals surface area (Å²) in [7, 11) is -4.67. The molecule has 18 heteroatoms. The van der Waals surface area contributed by atoms with E-state index < -0.39 is 37.0 Å². The number of sulfonamides is 1. The summed E-state index contributed by atoms with van der Waals surface area (Å²) in [5, 5.41) is 23.8. The van der Waals surface area contributed by atoms with Crippen molar-refractivity contribution in [1.82, 2.24) is 19.6 Å². The number of aromatic nitrogens is 2. The second-order valence-electron chi connectivity index (χ2n) is 19.9. The molecule has 3 N–H and O–H groups in total. The summed E-state index contributed by atoms with van der Waals surface area (Å²) in [5.74, 6) is 0.0505. The summed E-state index contributed by atoms with van der Waals surface area (Å²) in [6.45, 7) is 10.5. The van der Waals surface area contributed by atoms with Gasteiger partial charge in [-0.05, 0) is 105 Å². The summed E-state index contributed by atoms with van der Waals surface area (Å²) < 4.78 is 48.6. The highest BCUT2D eigenvalue weighted by molar-refractivity contribution is 8.00. The van der Waals surface area contributed by atoms with Crippen molar-refractivity contribution < 1.29 is 37.5 Å². The molecule has 10 rings (SSSR count). The van der Waals surface area contributed by atoms with Gasteiger partial charge in [0.05, 0.1) is 51.5 Å². The molecule has 4 fully saturated rings. The van der Waals surface area contributed by atoms with E-state index in [0.29, 0.717) is 47.5 Å². The lowest BCUT2D eigenvalue weighted by Crippen LogP contribution is -2.58. The number of rotatable bonds is 11. The highest BCUT2D eigenvalue weighted by Crippen LogP contribution is 2.54. The van der Waals surface area contributed by atoms with Gasteiger partial charge in [-0.1, -0.05) is 49.7 Å². The van der Waals surface area contributed by atoms with Crippen LogP contribution in [0.2, 0.25) is 5.02 Å². The maximum atomic E-state index is 14.2. The number of piperidine rings is 1. The van der Waals surface area contributed by atoms with Crippen LogP contribution in [0.5, 0.6) is 17.2 Å². The van der Waals surface area contributed by atoms with Crippen LogP contribution in [0.25, 0.3) is 11.0 Å². The summed E-state index contributed by atoms with van der Waals surface area (Å²) >= 11 is 7.73. The van der Waals surface area contributed by atoms with Gasteiger partial charge in [0.15, 0.2) is 0 Å². The van der Waals surface area contributed by atoms with E-state index in [9.17, 15) is 28.4 Å². The van der Waals surface area contributed by atoms with Gasteiger partial charge in [-0.2, -0.15) is 0 Å². The van der Waals surface area contributed by atoms with Crippen LogP contribution in [-0.4, -0.2) is 95.6 Å². The Balaban J connectivity index is 0.864. The van der Waals surface area contributed by atoms with Crippen molar-refractivity contribution in [1.29, 1.82) is 0 Å². The molecule has 3 aromatic carbocycles. The van der Waals surface area contributed by atoms with Gasteiger partial charge in [0.2, 0.25) is 0 Å². The van der Waals surface area contributed by atoms with E-state index >= 15 is 0 Å². The number of aromatic amines is 1. The zero-order valence-electron chi connectivity index (χ0n) is 38.4. The van der Waals surface area contributed by atoms with E-state index in [4.69, 9.17) is 25.8 Å². The highest BCUT2D eigenvalue weighted by Gasteiger charge is 2.50. The van der Waals surface area contributed by atoms with Gasteiger partial charge in [0, 0.05) is 66.4 Å². The van der Waals surface area contributed by atoms with Crippen molar-refractivity contribution >= 4 is 61.7 Å². The van der Waals surface area contributed by atoms with Crippen molar-refractivity contribution in [2.75, 3.05) is 44.4 Å². The Morgan fingerprint density at radius 1 is 1.06 bits per heavy atom. The molecule has 2 saturated heterocycles. The molecule has 2 aliphatic carbocycles. The lowest BCUT2D eigenvalue weighted by molar-refractivity contribution is -0.388. The first-order chi connectivity index (χ1) is 32.6. The maximum Gasteiger partial charge on any atom is 0.288 e. The third-order valence-electron chi connectivity index (χ3n) is 15.1. The molecule has 0 bridgehead atoms. The third-order valence-corrected chi connectivity index (χ3v) is 18.2. The van der Waals surface area contributed by atoms with Crippen LogP contribution >= 0.6 is 23.4 Å². The smallest absolute Gasteiger partial charge is 0.288 e. The predicted octanol–water partition coefficient (Wildman–Crippen LogP) is 9.78. The molecule has 3 aliphatic heterocycles. The fourth-order valence-corrected chi connectivity index (χ4v) is 13.7. The molecular weight excluding hydrogens is 928 g/mol. The van der Waals surface area contributed by atoms with E-state index in [0.717, 1.165) is 76.5 Å². The lowest BCUT2D eigenvalue weighted by Gasteiger charge is -2.57. The Morgan fingerprint density at radius 3 is 2.57 bits per heavy atom. The maximum absolute atomic E-state index is 14.2. The number of nitrogens with one attached hydrogen (secondary N) is 2. The topological polar surface area (TPSA) is 189 Å². The number of nitro benzene ring substituents is 1. The number of pyridine rings is 1. The highest BCUT2D eigenvalue weighted by atomic mass is 35.5. The minimum Gasteiger partial charge on any atom is -0.491 e. The second-order valence-corrected chi connectivity index (χ2v) is 23.2. The van der Waals surface area contributed by atoms with Crippen LogP contribution in [0.3, 0.4) is 0 Å². The van der Waals surface area contributed by atoms with Crippen LogP contribution < -0.4 is 19.1 Å². The number of carbonyl (C=O) groups is 1. The number of amides is 1. The number of benzene rings is 3. The van der Waals surface area contributed by atoms with Crippen LogP contribution in [0.1, 0.15) is 106 Å². The summed E-state index contributed by atoms with van der Waals surface area (Å²) in [5.41, 5.74) is 3.12. The first-order valence-electron chi connectivity index (χ1n) is 23.6. The average molecular weight is 986 g/mol. The van der Waals surface area contributed by atoms with Crippen LogP contribution in [0.4, 0.5) is 11.4 Å². The number of aliphatic hydroxyl groups is 1. The molecule has 1 amide bonds. The molecular formula is C50H57ClN6O9S2. The number of nitro groups is 1. The molecule has 360 valence electrons. The molecule has 2 saturated carbocycles. The summed E-state index contributed by atoms with van der Waals surface area (Å²) in [4.78, 5) is 38.1. The van der Waals surface area contributed by atoms with Crippen LogP contribution in [-0.2, 0) is 14.8 Å². The zero-order valence-corrected chi connectivity index (χ0v) is 40.8. The number of morpholine rings is 1. The first-order valence-corrected chi connectivity index (χ1v) is 26.3. The normalized spacial score (nSPS) is 24.3. The van der Waals surface area contributed by atoms with Gasteiger partial charge in [0.1, 0.15) is 34.4 Å². The molecule has 5 heterocycles. The lowest BCUT2D eigenvalue weighted by atomic mass is 9.59. The minimum atomic E-state index is -4.67. The molecule has 0 unspecified atom stereocenters. The largest absolute Gasteiger partial charge is 0.491 e. The predicted molar refractivity (Wildman–Crippen MR) is 261 cm³/mol. The van der Waals surface area contributed by atoms with Crippen LogP contribution in [0, 0.1) is 21.4 Å². The molecule has 2 aromatic heterocycles. The fraction of sp³-hybridized carbons (Fsp3) is 0.480. The Morgan fingerprint density at radius 2 is 1.82 bits per heavy atom. The van der Waals surface area contributed by atoms with E-state index in [1.807, 2.05) is 6.92 Å². The Bertz CT molecular complexity index is 2850. The van der Waals surface area contributed by atoms with E-state index in [1.54, 1.807) is 30.5 Å². The SMILES string of the molecule is CC(C)c1ccccc1[C@@H]1COCCN1C1CC2(CCN(c3ccc(C(=O)NS(=O)(=O)c4cc5c(c([N+](=O)[O-])c4)S[C@@H](C4CCC(C)(O)CC4)CO5)c(Oc4cnc5[nH]cc(Cl)c5c4)c3)CC2)C1. The standard InChI is InChI=1S/C50H57ClN6O9S2/c1-30(2)36-6-4-5-7-37(36)42-28-64-19-18-56(42)33-24-50(25-33)14-16-55(17-15-50)32-8-9-38(43(20-32)66-34-21-39-40(51)27-53-47(39)52-26-34)48(58)54-68(62,63)35-22-41(57(60)61)46-44(23-35)65-29-45(67-46)31-10-12-49(3,59)13-11-31/h4-9,20-23,26-27,30-31,33,42,45,59H,10-19,24-25,28-29H2,1-3H3,(H,52,53)(H,54,58)/t31?,42-,45+,49?/m0/s1. The number of nitrogens with zero attached hydrogens (tertiary/aromatic N) is 4. The molecule has 15 nitrogen and oxygen atoms in total. The van der Waals surface area contributed by atoms with Crippen molar-refractivity contribution in [3.63, 3.8) is 0 Å². The Kier molecular flexibility index (Phi) is 12.7. The van der Waals surface area contributed by atoms with Gasteiger partial charge >= 0.3 is 0 Å². The van der Waals surface area contributed by atoms with E-state index in [1.165, 1.54) is 35.2 Å². The Hall–Kier alpha value is -4.91. The molecule has 5 aliphatic rings. The number of fused-ring (bicyclic) bond motifs is 2. The summed E-state index contributed by atoms with van der Waals surface area (Å²) in [6.07, 6.45) is 10.1. The van der Waals surface area contributed by atoms with Gasteiger partial charge in [-0.3, -0.25) is 19.8 Å². The van der Waals surface area contributed by atoms with Crippen molar-refractivity contribution in [3.8, 4) is 17.2 Å². The quantitative estimate of drug-likeness (QED) is 0.0839. The number of hydrogen-bond donors (Lipinski definition) is 3. The Labute approximate surface area is 405 Å². The number of halogens is 1. The second kappa shape index (κ2) is 18.4. The molecule has 2 atom stereocenters.